The summed E-state index contributed by atoms with van der Waals surface area (Å²) >= 11 is 7.64. The quantitative estimate of drug-likeness (QED) is 0.103. The van der Waals surface area contributed by atoms with Gasteiger partial charge in [-0.15, -0.1) is 11.3 Å². The first-order valence-electron chi connectivity index (χ1n) is 19.0. The number of rotatable bonds is 7. The van der Waals surface area contributed by atoms with Gasteiger partial charge in [0.25, 0.3) is 5.91 Å². The van der Waals surface area contributed by atoms with Crippen LogP contribution < -0.4 is 21.0 Å². The van der Waals surface area contributed by atoms with Crippen LogP contribution in [0.25, 0.3) is 0 Å². The van der Waals surface area contributed by atoms with Crippen molar-refractivity contribution in [1.82, 2.24) is 25.6 Å². The number of anilines is 2. The molecule has 5 heterocycles. The van der Waals surface area contributed by atoms with Gasteiger partial charge in [0.15, 0.2) is 6.04 Å². The van der Waals surface area contributed by atoms with Crippen LogP contribution in [0, 0.1) is 36.5 Å². The fourth-order valence-electron chi connectivity index (χ4n) is 7.46. The maximum absolute atomic E-state index is 13.1. The Hall–Kier alpha value is -6.22. The fraction of sp³-hybridized carbons (Fsp3) is 0.341. The summed E-state index contributed by atoms with van der Waals surface area (Å²) < 4.78 is 0. The van der Waals surface area contributed by atoms with Gasteiger partial charge in [-0.2, -0.15) is 0 Å². The molecule has 2 atom stereocenters. The number of carbonyl (C=O) groups excluding carboxylic acids is 6. The van der Waals surface area contributed by atoms with Crippen LogP contribution in [0.15, 0.2) is 47.5 Å². The minimum atomic E-state index is -1.06. The van der Waals surface area contributed by atoms with Gasteiger partial charge in [0.05, 0.1) is 5.71 Å². The Morgan fingerprint density at radius 3 is 2.46 bits per heavy atom. The number of fused-ring (bicyclic) bond motifs is 2. The average molecular weight is 837 g/mol. The first kappa shape index (κ1) is 41.0. The number of aliphatic imine (C=N–C) groups is 1. The second-order valence-electron chi connectivity index (χ2n) is 14.5. The molecule has 18 heteroatoms. The molecule has 0 saturated carbocycles. The van der Waals surface area contributed by atoms with Crippen LogP contribution in [0.4, 0.5) is 10.7 Å². The summed E-state index contributed by atoms with van der Waals surface area (Å²) in [5.74, 6) is 3.01. The van der Waals surface area contributed by atoms with Crippen LogP contribution in [0.1, 0.15) is 70.1 Å². The number of piperazine rings is 1. The molecule has 16 nitrogen and oxygen atoms in total. The molecule has 2 fully saturated rings. The van der Waals surface area contributed by atoms with Gasteiger partial charge in [0.1, 0.15) is 22.7 Å². The highest BCUT2D eigenvalue weighted by Crippen LogP contribution is 2.40. The molecule has 2 aromatic carbocycles. The van der Waals surface area contributed by atoms with Crippen molar-refractivity contribution < 1.29 is 28.8 Å². The lowest BCUT2D eigenvalue weighted by Crippen LogP contribution is -2.54. The van der Waals surface area contributed by atoms with Crippen molar-refractivity contribution in [3.8, 4) is 11.8 Å². The highest BCUT2D eigenvalue weighted by Gasteiger charge is 2.40. The Kier molecular flexibility index (Phi) is 11.8. The molecule has 0 bridgehead atoms. The van der Waals surface area contributed by atoms with E-state index in [9.17, 15) is 28.8 Å². The van der Waals surface area contributed by atoms with Crippen molar-refractivity contribution in [2.24, 2.45) is 4.99 Å². The van der Waals surface area contributed by atoms with Crippen LogP contribution in [0.3, 0.4) is 0 Å². The van der Waals surface area contributed by atoms with Crippen molar-refractivity contribution in [1.29, 1.82) is 10.8 Å². The van der Waals surface area contributed by atoms with E-state index >= 15 is 0 Å². The zero-order valence-electron chi connectivity index (χ0n) is 32.5. The van der Waals surface area contributed by atoms with Crippen LogP contribution >= 0.6 is 22.9 Å². The Labute approximate surface area is 348 Å². The third kappa shape index (κ3) is 8.51. The van der Waals surface area contributed by atoms with Crippen molar-refractivity contribution in [3.63, 3.8) is 0 Å². The Balaban J connectivity index is 0.929. The summed E-state index contributed by atoms with van der Waals surface area (Å²) in [4.78, 5) is 86.8. The summed E-state index contributed by atoms with van der Waals surface area (Å²) in [5.41, 5.74) is 7.23. The number of hydrazine groups is 1. The van der Waals surface area contributed by atoms with E-state index in [1.165, 1.54) is 21.1 Å². The van der Waals surface area contributed by atoms with Crippen molar-refractivity contribution in [2.75, 3.05) is 36.4 Å². The third-order valence-electron chi connectivity index (χ3n) is 10.7. The molecule has 0 radical (unpaired) electrons. The van der Waals surface area contributed by atoms with Gasteiger partial charge < -0.3 is 15.1 Å². The van der Waals surface area contributed by atoms with Gasteiger partial charge in [-0.1, -0.05) is 35.7 Å². The Morgan fingerprint density at radius 1 is 1.03 bits per heavy atom. The topological polar surface area (TPSA) is 212 Å². The maximum Gasteiger partial charge on any atom is 0.310 e. The monoisotopic (exact) mass is 836 g/mol. The van der Waals surface area contributed by atoms with Gasteiger partial charge in [-0.3, -0.25) is 60.2 Å². The fourth-order valence-corrected chi connectivity index (χ4v) is 8.81. The molecule has 0 spiro atoms. The molecule has 304 valence electrons. The maximum atomic E-state index is 13.1. The van der Waals surface area contributed by atoms with Crippen LogP contribution in [-0.2, 0) is 30.5 Å². The Morgan fingerprint density at radius 2 is 1.76 bits per heavy atom. The summed E-state index contributed by atoms with van der Waals surface area (Å²) in [6.45, 7) is 6.89. The smallest absolute Gasteiger partial charge is 0.310 e. The predicted octanol–water partition coefficient (Wildman–Crippen LogP) is 3.38. The molecule has 1 aromatic heterocycles. The number of hydrogen-bond donors (Lipinski definition) is 5. The second-order valence-corrected chi connectivity index (χ2v) is 16.2. The molecule has 4 aliphatic heterocycles. The first-order chi connectivity index (χ1) is 28.2. The van der Waals surface area contributed by atoms with Crippen molar-refractivity contribution in [3.05, 3.63) is 80.2 Å². The number of halogens is 1. The number of aryl methyl sites for hydroxylation is 1. The number of carbonyl (C=O) groups is 6. The summed E-state index contributed by atoms with van der Waals surface area (Å²) in [6, 6.07) is 10.3. The highest BCUT2D eigenvalue weighted by atomic mass is 35.5. The van der Waals surface area contributed by atoms with E-state index in [4.69, 9.17) is 27.4 Å². The van der Waals surface area contributed by atoms with E-state index < -0.39 is 29.8 Å². The molecule has 6 amide bonds. The molecule has 0 aliphatic carbocycles. The third-order valence-corrected chi connectivity index (χ3v) is 12.1. The average Bonchev–Trinajstić information content (AvgIpc) is 3.64. The van der Waals surface area contributed by atoms with E-state index in [0.29, 0.717) is 58.7 Å². The van der Waals surface area contributed by atoms with Crippen LogP contribution in [-0.4, -0.2) is 106 Å². The number of nitrogens with one attached hydrogen (secondary N) is 5. The summed E-state index contributed by atoms with van der Waals surface area (Å²) in [7, 11) is 0. The zero-order chi connectivity index (χ0) is 42.1. The first-order valence-corrected chi connectivity index (χ1v) is 20.2. The summed E-state index contributed by atoms with van der Waals surface area (Å²) in [6.07, 6.45) is 0.205. The standard InChI is InChI=1S/C41H41ClN10O6S/c1-22-23(2)59-41-36(22)37(25-7-9-26(42)10-8-25)46-30(38(44)52(41)24(3)43)11-13-34(55)48-50-19-17-49(18-20-50)35(56)16-15-32(53)45-29-6-4-5-27-28(29)21-51(40(27)58)31-12-14-33(54)47-39(31)57/h4-10,30-31,43-44H,12,14-21H2,1-3H3,(H,45,53)(H,48,55)(H,47,54,57)/t30-,31?/m0/s1. The van der Waals surface area contributed by atoms with E-state index in [1.807, 2.05) is 26.0 Å². The van der Waals surface area contributed by atoms with E-state index in [2.05, 4.69) is 27.9 Å². The van der Waals surface area contributed by atoms with Gasteiger partial charge in [0, 0.05) is 89.8 Å². The molecule has 2 saturated heterocycles. The predicted molar refractivity (Wildman–Crippen MR) is 223 cm³/mol. The molecule has 1 unspecified atom stereocenters. The van der Waals surface area contributed by atoms with Gasteiger partial charge >= 0.3 is 5.91 Å². The molecule has 3 aromatic rings. The van der Waals surface area contributed by atoms with Crippen LogP contribution in [0.5, 0.6) is 0 Å². The number of amidine groups is 2. The molecule has 4 aliphatic rings. The molecule has 59 heavy (non-hydrogen) atoms. The van der Waals surface area contributed by atoms with Gasteiger partial charge in [-0.05, 0) is 62.9 Å². The normalized spacial score (nSPS) is 19.2. The molecular weight excluding hydrogens is 796 g/mol. The second kappa shape index (κ2) is 16.9. The number of hydrogen-bond acceptors (Lipinski definition) is 11. The van der Waals surface area contributed by atoms with E-state index in [0.717, 1.165) is 21.6 Å². The molecule has 7 rings (SSSR count). The Bertz CT molecular complexity index is 2410. The van der Waals surface area contributed by atoms with Gasteiger partial charge in [-0.25, -0.2) is 5.01 Å². The van der Waals surface area contributed by atoms with Crippen LogP contribution in [0.2, 0.25) is 5.02 Å². The number of piperidine rings is 1. The number of benzene rings is 2. The largest absolute Gasteiger partial charge is 0.340 e. The lowest BCUT2D eigenvalue weighted by Gasteiger charge is -2.34. The number of imide groups is 1. The van der Waals surface area contributed by atoms with Crippen molar-refractivity contribution >= 4 is 86.5 Å². The molecule has 5 N–H and O–H groups in total. The van der Waals surface area contributed by atoms with E-state index in [-0.39, 0.29) is 61.6 Å². The zero-order valence-corrected chi connectivity index (χ0v) is 34.1. The lowest BCUT2D eigenvalue weighted by atomic mass is 10.00. The summed E-state index contributed by atoms with van der Waals surface area (Å²) in [5, 5.41) is 25.6. The lowest BCUT2D eigenvalue weighted by molar-refractivity contribution is -0.137. The number of thiophene rings is 1. The molecular formula is C41H41ClN10O6S. The number of nitrogens with zero attached hydrogens (tertiary/aromatic N) is 5. The highest BCUT2D eigenvalue weighted by molar-refractivity contribution is 7.17. The SMILES string of the molecule is CC(=N)N1C(=N)[C@H](C#CC(=O)NN2CCN(C(=O)CCC(=O)Nc3cccc4c3CN(C3CCC(=O)NC3=O)C4=O)CC2)N=C(c2ccc(Cl)cc2)c2c1sc(C)c2C. The minimum Gasteiger partial charge on any atom is -0.340 e. The van der Waals surface area contributed by atoms with E-state index in [1.54, 1.807) is 47.2 Å². The number of amides is 6. The minimum absolute atomic E-state index is 0.0516. The van der Waals surface area contributed by atoms with Crippen molar-refractivity contribution in [2.45, 2.75) is 65.1 Å². The van der Waals surface area contributed by atoms with Gasteiger partial charge in [0.2, 0.25) is 23.6 Å².